The second kappa shape index (κ2) is 5.44. The second-order valence-electron chi connectivity index (χ2n) is 3.11. The third kappa shape index (κ3) is 4.72. The van der Waals surface area contributed by atoms with Crippen LogP contribution in [0.15, 0.2) is 18.2 Å². The average Bonchev–Trinajstić information content (AvgIpc) is 2.23. The lowest BCUT2D eigenvalue weighted by atomic mass is 10.3. The van der Waals surface area contributed by atoms with Gasteiger partial charge in [0.05, 0.1) is 6.26 Å². The Bertz CT molecular complexity index is 492. The number of nitrogens with zero attached hydrogens (tertiary/aromatic N) is 2. The number of pyridine rings is 1. The fourth-order valence-corrected chi connectivity index (χ4v) is 1.50. The first-order valence-corrected chi connectivity index (χ1v) is 6.46. The van der Waals surface area contributed by atoms with E-state index in [1.165, 1.54) is 0 Å². The Morgan fingerprint density at radius 2 is 2.19 bits per heavy atom. The highest BCUT2D eigenvalue weighted by molar-refractivity contribution is 7.88. The van der Waals surface area contributed by atoms with Crippen LogP contribution in [-0.4, -0.2) is 32.7 Å². The lowest BCUT2D eigenvalue weighted by Crippen LogP contribution is -2.27. The summed E-state index contributed by atoms with van der Waals surface area (Å²) in [5, 5.41) is 11.5. The van der Waals surface area contributed by atoms with Crippen LogP contribution in [0.4, 0.5) is 5.82 Å². The molecule has 1 aromatic heterocycles. The highest BCUT2D eigenvalue weighted by atomic mass is 32.2. The molecule has 0 saturated heterocycles. The molecule has 0 aliphatic heterocycles. The maximum Gasteiger partial charge on any atom is 0.208 e. The Hall–Kier alpha value is -1.65. The molecule has 0 spiro atoms. The predicted octanol–water partition coefficient (Wildman–Crippen LogP) is -0.0856. The predicted molar refractivity (Wildman–Crippen MR) is 60.3 cm³/mol. The van der Waals surface area contributed by atoms with Crippen LogP contribution in [0.25, 0.3) is 0 Å². The highest BCUT2D eigenvalue weighted by Crippen LogP contribution is 2.02. The molecule has 0 aromatic carbocycles. The second-order valence-corrected chi connectivity index (χ2v) is 4.95. The molecule has 0 radical (unpaired) electrons. The molecule has 6 nitrogen and oxygen atoms in total. The maximum absolute atomic E-state index is 10.7. The van der Waals surface area contributed by atoms with Crippen molar-refractivity contribution in [2.75, 3.05) is 24.7 Å². The Labute approximate surface area is 94.4 Å². The molecule has 2 N–H and O–H groups in total. The monoisotopic (exact) mass is 240 g/mol. The van der Waals surface area contributed by atoms with Gasteiger partial charge in [-0.05, 0) is 12.1 Å². The molecule has 1 rings (SSSR count). The minimum absolute atomic E-state index is 0.275. The van der Waals surface area contributed by atoms with Gasteiger partial charge in [0.1, 0.15) is 17.6 Å². The lowest BCUT2D eigenvalue weighted by Gasteiger charge is -2.05. The van der Waals surface area contributed by atoms with E-state index in [0.29, 0.717) is 18.1 Å². The zero-order valence-electron chi connectivity index (χ0n) is 8.77. The van der Waals surface area contributed by atoms with E-state index in [0.717, 1.165) is 6.26 Å². The van der Waals surface area contributed by atoms with Crippen LogP contribution in [0.5, 0.6) is 0 Å². The summed E-state index contributed by atoms with van der Waals surface area (Å²) >= 11 is 0. The van der Waals surface area contributed by atoms with Crippen molar-refractivity contribution in [1.82, 2.24) is 9.71 Å². The van der Waals surface area contributed by atoms with E-state index in [2.05, 4.69) is 15.0 Å². The summed E-state index contributed by atoms with van der Waals surface area (Å²) in [6.07, 6.45) is 1.10. The Morgan fingerprint density at radius 3 is 2.81 bits per heavy atom. The summed E-state index contributed by atoms with van der Waals surface area (Å²) in [6.45, 7) is 0.687. The van der Waals surface area contributed by atoms with Crippen LogP contribution in [0, 0.1) is 11.3 Å². The molecule has 0 fully saturated rings. The fraction of sp³-hybridized carbons (Fsp3) is 0.333. The fourth-order valence-electron chi connectivity index (χ4n) is 1.02. The van der Waals surface area contributed by atoms with Crippen molar-refractivity contribution in [3.05, 3.63) is 23.9 Å². The number of aromatic nitrogens is 1. The van der Waals surface area contributed by atoms with Crippen molar-refractivity contribution in [3.8, 4) is 6.07 Å². The van der Waals surface area contributed by atoms with Crippen LogP contribution >= 0.6 is 0 Å². The van der Waals surface area contributed by atoms with E-state index >= 15 is 0 Å². The van der Waals surface area contributed by atoms with Gasteiger partial charge in [0.15, 0.2) is 0 Å². The molecule has 0 saturated carbocycles. The number of nitrogens with one attached hydrogen (secondary N) is 2. The van der Waals surface area contributed by atoms with E-state index < -0.39 is 10.0 Å². The molecule has 86 valence electrons. The largest absolute Gasteiger partial charge is 0.369 e. The third-order valence-corrected chi connectivity index (χ3v) is 2.39. The summed E-state index contributed by atoms with van der Waals surface area (Å²) in [6, 6.07) is 6.93. The molecule has 0 bridgehead atoms. The number of sulfonamides is 1. The smallest absolute Gasteiger partial charge is 0.208 e. The molecule has 0 atom stereocenters. The molecular formula is C9H12N4O2S. The quantitative estimate of drug-likeness (QED) is 0.702. The minimum Gasteiger partial charge on any atom is -0.369 e. The molecule has 0 amide bonds. The molecule has 0 aliphatic rings. The van der Waals surface area contributed by atoms with Crippen molar-refractivity contribution in [2.24, 2.45) is 0 Å². The van der Waals surface area contributed by atoms with Gasteiger partial charge < -0.3 is 5.32 Å². The first-order chi connectivity index (χ1) is 7.51. The van der Waals surface area contributed by atoms with Gasteiger partial charge in [-0.1, -0.05) is 6.07 Å². The summed E-state index contributed by atoms with van der Waals surface area (Å²) in [4.78, 5) is 3.98. The van der Waals surface area contributed by atoms with Crippen LogP contribution < -0.4 is 10.0 Å². The number of anilines is 1. The van der Waals surface area contributed by atoms with Gasteiger partial charge in [-0.15, -0.1) is 0 Å². The number of hydrogen-bond donors (Lipinski definition) is 2. The molecule has 16 heavy (non-hydrogen) atoms. The molecule has 0 aliphatic carbocycles. The standard InChI is InChI=1S/C9H12N4O2S/c1-16(14,15)12-6-5-11-9-4-2-3-8(7-10)13-9/h2-4,12H,5-6H2,1H3,(H,11,13). The number of nitriles is 1. The van der Waals surface area contributed by atoms with Crippen LogP contribution in [-0.2, 0) is 10.0 Å². The Morgan fingerprint density at radius 1 is 1.44 bits per heavy atom. The Balaban J connectivity index is 2.41. The zero-order chi connectivity index (χ0) is 12.0. The SMILES string of the molecule is CS(=O)(=O)NCCNc1cccc(C#N)n1. The van der Waals surface area contributed by atoms with Gasteiger partial charge in [0, 0.05) is 13.1 Å². The van der Waals surface area contributed by atoms with Gasteiger partial charge >= 0.3 is 0 Å². The van der Waals surface area contributed by atoms with Crippen molar-refractivity contribution < 1.29 is 8.42 Å². The lowest BCUT2D eigenvalue weighted by molar-refractivity contribution is 0.589. The highest BCUT2D eigenvalue weighted by Gasteiger charge is 1.99. The van der Waals surface area contributed by atoms with E-state index in [9.17, 15) is 8.42 Å². The van der Waals surface area contributed by atoms with Crippen LogP contribution in [0.1, 0.15) is 5.69 Å². The number of hydrogen-bond acceptors (Lipinski definition) is 5. The molecular weight excluding hydrogens is 228 g/mol. The molecule has 0 unspecified atom stereocenters. The van der Waals surface area contributed by atoms with Crippen LogP contribution in [0.3, 0.4) is 0 Å². The van der Waals surface area contributed by atoms with Crippen molar-refractivity contribution >= 4 is 15.8 Å². The van der Waals surface area contributed by atoms with Gasteiger partial charge in [0.25, 0.3) is 0 Å². The Kier molecular flexibility index (Phi) is 4.22. The third-order valence-electron chi connectivity index (χ3n) is 1.66. The van der Waals surface area contributed by atoms with Crippen LogP contribution in [0.2, 0.25) is 0 Å². The normalized spacial score (nSPS) is 10.8. The summed E-state index contributed by atoms with van der Waals surface area (Å²) in [5.74, 6) is 0.550. The van der Waals surface area contributed by atoms with Gasteiger partial charge in [0.2, 0.25) is 10.0 Å². The van der Waals surface area contributed by atoms with E-state index in [1.54, 1.807) is 18.2 Å². The summed E-state index contributed by atoms with van der Waals surface area (Å²) in [5.41, 5.74) is 0.320. The van der Waals surface area contributed by atoms with Gasteiger partial charge in [-0.3, -0.25) is 0 Å². The molecule has 1 heterocycles. The van der Waals surface area contributed by atoms with Crippen molar-refractivity contribution in [2.45, 2.75) is 0 Å². The van der Waals surface area contributed by atoms with E-state index in [-0.39, 0.29) is 6.54 Å². The number of rotatable bonds is 5. The maximum atomic E-state index is 10.7. The molecule has 1 aromatic rings. The summed E-state index contributed by atoms with van der Waals surface area (Å²) < 4.78 is 23.8. The van der Waals surface area contributed by atoms with E-state index in [4.69, 9.17) is 5.26 Å². The van der Waals surface area contributed by atoms with Gasteiger partial charge in [-0.25, -0.2) is 18.1 Å². The van der Waals surface area contributed by atoms with Gasteiger partial charge in [-0.2, -0.15) is 5.26 Å². The molecule has 7 heteroatoms. The average molecular weight is 240 g/mol. The van der Waals surface area contributed by atoms with Crippen molar-refractivity contribution in [3.63, 3.8) is 0 Å². The summed E-state index contributed by atoms with van der Waals surface area (Å²) in [7, 11) is -3.15. The topological polar surface area (TPSA) is 94.9 Å². The first kappa shape index (κ1) is 12.4. The van der Waals surface area contributed by atoms with Crippen molar-refractivity contribution in [1.29, 1.82) is 5.26 Å². The minimum atomic E-state index is -3.15. The zero-order valence-corrected chi connectivity index (χ0v) is 9.58. The first-order valence-electron chi connectivity index (χ1n) is 4.57. The van der Waals surface area contributed by atoms with E-state index in [1.807, 2.05) is 6.07 Å².